The Morgan fingerprint density at radius 3 is 2.60 bits per heavy atom. The maximum Gasteiger partial charge on any atom is 0.0844 e. The molecule has 1 aromatic carbocycles. The quantitative estimate of drug-likeness (QED) is 0.691. The van der Waals surface area contributed by atoms with Gasteiger partial charge in [-0.3, -0.25) is 4.98 Å². The zero-order valence-corrected chi connectivity index (χ0v) is 10.8. The molecule has 0 bridgehead atoms. The zero-order chi connectivity index (χ0) is 11.1. The molecule has 0 saturated carbocycles. The molecule has 0 aliphatic carbocycles. The van der Waals surface area contributed by atoms with Gasteiger partial charge in [-0.25, -0.2) is 0 Å². The van der Waals surface area contributed by atoms with Gasteiger partial charge in [-0.1, -0.05) is 26.8 Å². The highest BCUT2D eigenvalue weighted by Crippen LogP contribution is 2.30. The summed E-state index contributed by atoms with van der Waals surface area (Å²) < 4.78 is 1.07. The molecule has 0 unspecified atom stereocenters. The van der Waals surface area contributed by atoms with E-state index in [0.29, 0.717) is 0 Å². The lowest BCUT2D eigenvalue weighted by atomic mass is 9.86. The third kappa shape index (κ3) is 2.05. The third-order valence-electron chi connectivity index (χ3n) is 2.52. The van der Waals surface area contributed by atoms with Crippen LogP contribution in [0.2, 0.25) is 0 Å². The van der Waals surface area contributed by atoms with Crippen molar-refractivity contribution in [2.45, 2.75) is 26.2 Å². The van der Waals surface area contributed by atoms with Crippen LogP contribution >= 0.6 is 15.9 Å². The van der Waals surface area contributed by atoms with E-state index >= 15 is 0 Å². The van der Waals surface area contributed by atoms with Crippen molar-refractivity contribution in [3.05, 3.63) is 40.5 Å². The van der Waals surface area contributed by atoms with Gasteiger partial charge in [-0.15, -0.1) is 0 Å². The minimum Gasteiger partial charge on any atom is -0.255 e. The summed E-state index contributed by atoms with van der Waals surface area (Å²) in [5.41, 5.74) is 2.53. The number of hydrogen-bond donors (Lipinski definition) is 0. The Kier molecular flexibility index (Phi) is 2.55. The van der Waals surface area contributed by atoms with E-state index < -0.39 is 0 Å². The van der Waals surface area contributed by atoms with Crippen LogP contribution < -0.4 is 0 Å². The van der Waals surface area contributed by atoms with E-state index in [1.54, 1.807) is 0 Å². The topological polar surface area (TPSA) is 12.9 Å². The number of hydrogen-bond acceptors (Lipinski definition) is 1. The van der Waals surface area contributed by atoms with E-state index in [9.17, 15) is 0 Å². The summed E-state index contributed by atoms with van der Waals surface area (Å²) in [6.45, 7) is 6.66. The van der Waals surface area contributed by atoms with E-state index in [0.717, 1.165) is 9.99 Å². The molecule has 0 amide bonds. The molecular formula is C13H14BrN. The van der Waals surface area contributed by atoms with Gasteiger partial charge in [0, 0.05) is 16.1 Å². The SMILES string of the molecule is CC(C)(C)c1cc(Br)c2ncccc2c1. The van der Waals surface area contributed by atoms with Crippen LogP contribution in [0.3, 0.4) is 0 Å². The molecule has 0 saturated heterocycles. The second-order valence-electron chi connectivity index (χ2n) is 4.78. The van der Waals surface area contributed by atoms with E-state index in [2.05, 4.69) is 59.9 Å². The minimum atomic E-state index is 0.173. The number of aromatic nitrogens is 1. The first-order valence-electron chi connectivity index (χ1n) is 5.03. The molecule has 0 fully saturated rings. The number of fused-ring (bicyclic) bond motifs is 1. The van der Waals surface area contributed by atoms with Gasteiger partial charge in [0.2, 0.25) is 0 Å². The van der Waals surface area contributed by atoms with Gasteiger partial charge in [0.05, 0.1) is 5.52 Å². The molecule has 1 nitrogen and oxygen atoms in total. The summed E-state index contributed by atoms with van der Waals surface area (Å²) in [7, 11) is 0. The lowest BCUT2D eigenvalue weighted by Crippen LogP contribution is -2.10. The summed E-state index contributed by atoms with van der Waals surface area (Å²) in [5.74, 6) is 0. The molecule has 0 N–H and O–H groups in total. The van der Waals surface area contributed by atoms with Crippen LogP contribution in [0.25, 0.3) is 10.9 Å². The Hall–Kier alpha value is -0.890. The van der Waals surface area contributed by atoms with Crippen LogP contribution in [0.5, 0.6) is 0 Å². The van der Waals surface area contributed by atoms with Crippen molar-refractivity contribution in [2.24, 2.45) is 0 Å². The van der Waals surface area contributed by atoms with Gasteiger partial charge < -0.3 is 0 Å². The van der Waals surface area contributed by atoms with Gasteiger partial charge in [0.25, 0.3) is 0 Å². The zero-order valence-electron chi connectivity index (χ0n) is 9.21. The maximum absolute atomic E-state index is 4.36. The fourth-order valence-electron chi connectivity index (χ4n) is 1.58. The van der Waals surface area contributed by atoms with Gasteiger partial charge in [0.15, 0.2) is 0 Å². The Labute approximate surface area is 98.7 Å². The van der Waals surface area contributed by atoms with E-state index in [-0.39, 0.29) is 5.41 Å². The van der Waals surface area contributed by atoms with E-state index in [1.807, 2.05) is 12.3 Å². The van der Waals surface area contributed by atoms with Gasteiger partial charge in [-0.2, -0.15) is 0 Å². The molecule has 2 rings (SSSR count). The fourth-order valence-corrected chi connectivity index (χ4v) is 2.16. The molecule has 1 heterocycles. The fraction of sp³-hybridized carbons (Fsp3) is 0.308. The molecule has 0 atom stereocenters. The second kappa shape index (κ2) is 3.60. The van der Waals surface area contributed by atoms with Crippen LogP contribution in [0.15, 0.2) is 34.9 Å². The summed E-state index contributed by atoms with van der Waals surface area (Å²) in [6.07, 6.45) is 1.82. The highest BCUT2D eigenvalue weighted by molar-refractivity contribution is 9.10. The molecule has 1 aromatic heterocycles. The Morgan fingerprint density at radius 2 is 1.93 bits per heavy atom. The number of benzene rings is 1. The van der Waals surface area contributed by atoms with Crippen LogP contribution in [0, 0.1) is 0 Å². The molecule has 0 aliphatic heterocycles. The summed E-state index contributed by atoms with van der Waals surface area (Å²) >= 11 is 3.58. The molecular weight excluding hydrogens is 250 g/mol. The highest BCUT2D eigenvalue weighted by Gasteiger charge is 2.15. The largest absolute Gasteiger partial charge is 0.255 e. The minimum absolute atomic E-state index is 0.173. The average molecular weight is 264 g/mol. The average Bonchev–Trinajstić information content (AvgIpc) is 2.16. The lowest BCUT2D eigenvalue weighted by Gasteiger charge is -2.20. The standard InChI is InChI=1S/C13H14BrN/c1-13(2,3)10-7-9-5-4-6-15-12(9)11(14)8-10/h4-8H,1-3H3. The van der Waals surface area contributed by atoms with Crippen LogP contribution in [0.4, 0.5) is 0 Å². The molecule has 2 aromatic rings. The number of pyridine rings is 1. The van der Waals surface area contributed by atoms with Crippen molar-refractivity contribution in [2.75, 3.05) is 0 Å². The first-order chi connectivity index (χ1) is 6.98. The molecule has 0 radical (unpaired) electrons. The van der Waals surface area contributed by atoms with Crippen LogP contribution in [-0.2, 0) is 5.41 Å². The van der Waals surface area contributed by atoms with Gasteiger partial charge in [-0.05, 0) is 45.1 Å². The van der Waals surface area contributed by atoms with E-state index in [1.165, 1.54) is 10.9 Å². The van der Waals surface area contributed by atoms with Gasteiger partial charge in [0.1, 0.15) is 0 Å². The Morgan fingerprint density at radius 1 is 1.20 bits per heavy atom. The van der Waals surface area contributed by atoms with Crippen molar-refractivity contribution in [3.8, 4) is 0 Å². The van der Waals surface area contributed by atoms with Crippen molar-refractivity contribution in [3.63, 3.8) is 0 Å². The number of nitrogens with zero attached hydrogens (tertiary/aromatic N) is 1. The second-order valence-corrected chi connectivity index (χ2v) is 5.64. The molecule has 2 heteroatoms. The molecule has 0 spiro atoms. The maximum atomic E-state index is 4.36. The van der Waals surface area contributed by atoms with Crippen LogP contribution in [-0.4, -0.2) is 4.98 Å². The smallest absolute Gasteiger partial charge is 0.0844 e. The Bertz CT molecular complexity index is 497. The predicted molar refractivity (Wildman–Crippen MR) is 68.1 cm³/mol. The monoisotopic (exact) mass is 263 g/mol. The highest BCUT2D eigenvalue weighted by atomic mass is 79.9. The lowest BCUT2D eigenvalue weighted by molar-refractivity contribution is 0.591. The summed E-state index contributed by atoms with van der Waals surface area (Å²) in [6, 6.07) is 8.45. The number of halogens is 1. The number of rotatable bonds is 0. The summed E-state index contributed by atoms with van der Waals surface area (Å²) in [5, 5.41) is 1.19. The molecule has 78 valence electrons. The van der Waals surface area contributed by atoms with Crippen molar-refractivity contribution >= 4 is 26.8 Å². The van der Waals surface area contributed by atoms with Crippen LogP contribution in [0.1, 0.15) is 26.3 Å². The third-order valence-corrected chi connectivity index (χ3v) is 3.13. The predicted octanol–water partition coefficient (Wildman–Crippen LogP) is 4.29. The normalized spacial score (nSPS) is 12.0. The molecule has 0 aliphatic rings. The van der Waals surface area contributed by atoms with Crippen molar-refractivity contribution in [1.82, 2.24) is 4.98 Å². The van der Waals surface area contributed by atoms with Crippen molar-refractivity contribution in [1.29, 1.82) is 0 Å². The molecule has 15 heavy (non-hydrogen) atoms. The first-order valence-corrected chi connectivity index (χ1v) is 5.82. The van der Waals surface area contributed by atoms with Crippen molar-refractivity contribution < 1.29 is 0 Å². The summed E-state index contributed by atoms with van der Waals surface area (Å²) in [4.78, 5) is 4.36. The Balaban J connectivity index is 2.73. The first kappa shape index (κ1) is 10.6. The van der Waals surface area contributed by atoms with E-state index in [4.69, 9.17) is 0 Å². The van der Waals surface area contributed by atoms with Gasteiger partial charge >= 0.3 is 0 Å².